The third kappa shape index (κ3) is 5.15. The molecule has 0 bridgehead atoms. The Kier molecular flexibility index (Phi) is 7.78. The molecule has 3 rings (SSSR count). The van der Waals surface area contributed by atoms with Gasteiger partial charge in [0.15, 0.2) is 0 Å². The van der Waals surface area contributed by atoms with Crippen molar-refractivity contribution in [2.24, 2.45) is 5.92 Å². The molecule has 1 aromatic heterocycles. The molecule has 2 aromatic rings. The molecule has 10 nitrogen and oxygen atoms in total. The summed E-state index contributed by atoms with van der Waals surface area (Å²) in [5.74, 6) is -1.74. The summed E-state index contributed by atoms with van der Waals surface area (Å²) in [5, 5.41) is 2.81. The van der Waals surface area contributed by atoms with E-state index in [2.05, 4.69) is 15.0 Å². The topological polar surface area (TPSA) is 135 Å². The maximum atomic E-state index is 13.4. The first-order valence-electron chi connectivity index (χ1n) is 11.0. The zero-order valence-corrected chi connectivity index (χ0v) is 20.5. The fourth-order valence-electron chi connectivity index (χ4n) is 4.07. The molecule has 11 heteroatoms. The number of rotatable bonds is 7. The molecule has 1 saturated heterocycles. The molecule has 1 aliphatic rings. The van der Waals surface area contributed by atoms with Crippen LogP contribution in [0.2, 0.25) is 0 Å². The van der Waals surface area contributed by atoms with Gasteiger partial charge in [0.25, 0.3) is 0 Å². The Bertz CT molecular complexity index is 1180. The molecule has 2 heterocycles. The Balaban J connectivity index is 1.68. The van der Waals surface area contributed by atoms with Crippen LogP contribution < -0.4 is 5.32 Å². The molecule has 1 aromatic carbocycles. The van der Waals surface area contributed by atoms with E-state index in [0.717, 1.165) is 0 Å². The number of esters is 2. The van der Waals surface area contributed by atoms with Crippen molar-refractivity contribution in [2.45, 2.75) is 38.5 Å². The number of aromatic amines is 1. The van der Waals surface area contributed by atoms with Crippen molar-refractivity contribution in [1.82, 2.24) is 9.29 Å². The molecule has 2 N–H and O–H groups in total. The van der Waals surface area contributed by atoms with Crippen LogP contribution in [-0.2, 0) is 24.3 Å². The number of methoxy groups -OCH3 is 1. The van der Waals surface area contributed by atoms with Gasteiger partial charge in [0.2, 0.25) is 15.9 Å². The number of hydrogen-bond donors (Lipinski definition) is 2. The first-order chi connectivity index (χ1) is 16.1. The van der Waals surface area contributed by atoms with Gasteiger partial charge in [0.05, 0.1) is 19.3 Å². The third-order valence-electron chi connectivity index (χ3n) is 5.79. The SMILES string of the molecule is CCOC(=O)c1c(C)[nH]c(C)c1S(=O)(=O)N1CCC(C(=O)Nc2ccc(C(=O)OC)cc2)CC1. The molecule has 0 radical (unpaired) electrons. The zero-order valence-electron chi connectivity index (χ0n) is 19.6. The predicted octanol–water partition coefficient (Wildman–Crippen LogP) is 2.63. The van der Waals surface area contributed by atoms with Gasteiger partial charge in [0, 0.05) is 36.1 Å². The summed E-state index contributed by atoms with van der Waals surface area (Å²) >= 11 is 0. The number of carbonyl (C=O) groups excluding carboxylic acids is 3. The largest absolute Gasteiger partial charge is 0.465 e. The molecule has 0 spiro atoms. The molecule has 0 unspecified atom stereocenters. The van der Waals surface area contributed by atoms with E-state index in [1.807, 2.05) is 0 Å². The van der Waals surface area contributed by atoms with Crippen molar-refractivity contribution < 1.29 is 32.3 Å². The first-order valence-corrected chi connectivity index (χ1v) is 12.4. The summed E-state index contributed by atoms with van der Waals surface area (Å²) in [5.41, 5.74) is 1.73. The van der Waals surface area contributed by atoms with E-state index in [4.69, 9.17) is 4.74 Å². The fraction of sp³-hybridized carbons (Fsp3) is 0.435. The standard InChI is InChI=1S/C23H29N3O7S/c1-5-33-23(29)19-14(2)24-15(3)20(19)34(30,31)26-12-10-16(11-13-26)21(27)25-18-8-6-17(7-9-18)22(28)32-4/h6-9,16,24H,5,10-13H2,1-4H3,(H,25,27). The van der Waals surface area contributed by atoms with E-state index < -0.39 is 22.0 Å². The summed E-state index contributed by atoms with van der Waals surface area (Å²) in [7, 11) is -2.67. The van der Waals surface area contributed by atoms with E-state index in [0.29, 0.717) is 35.5 Å². The lowest BCUT2D eigenvalue weighted by molar-refractivity contribution is -0.120. The second-order valence-corrected chi connectivity index (χ2v) is 9.91. The fourth-order valence-corrected chi connectivity index (χ4v) is 5.95. The van der Waals surface area contributed by atoms with Crippen LogP contribution in [0.1, 0.15) is 51.9 Å². The van der Waals surface area contributed by atoms with Gasteiger partial charge in [-0.1, -0.05) is 0 Å². The maximum Gasteiger partial charge on any atom is 0.341 e. The predicted molar refractivity (Wildman–Crippen MR) is 124 cm³/mol. The van der Waals surface area contributed by atoms with Gasteiger partial charge in [-0.25, -0.2) is 18.0 Å². The lowest BCUT2D eigenvalue weighted by Crippen LogP contribution is -2.41. The Labute approximate surface area is 198 Å². The second kappa shape index (κ2) is 10.4. The van der Waals surface area contributed by atoms with E-state index in [1.54, 1.807) is 45.0 Å². The van der Waals surface area contributed by atoms with Gasteiger partial charge in [-0.2, -0.15) is 4.31 Å². The van der Waals surface area contributed by atoms with Gasteiger partial charge in [0.1, 0.15) is 10.5 Å². The van der Waals surface area contributed by atoms with Crippen molar-refractivity contribution in [3.63, 3.8) is 0 Å². The quantitative estimate of drug-likeness (QED) is 0.569. The Morgan fingerprint density at radius 1 is 1.06 bits per heavy atom. The number of aryl methyl sites for hydroxylation is 2. The van der Waals surface area contributed by atoms with Crippen LogP contribution in [0.5, 0.6) is 0 Å². The molecule has 184 valence electrons. The summed E-state index contributed by atoms with van der Waals surface area (Å²) < 4.78 is 37.8. The first kappa shape index (κ1) is 25.4. The van der Waals surface area contributed by atoms with Crippen LogP contribution in [-0.4, -0.2) is 62.4 Å². The van der Waals surface area contributed by atoms with Crippen LogP contribution in [0.3, 0.4) is 0 Å². The summed E-state index contributed by atoms with van der Waals surface area (Å²) in [4.78, 5) is 39.5. The van der Waals surface area contributed by atoms with Crippen LogP contribution in [0.25, 0.3) is 0 Å². The highest BCUT2D eigenvalue weighted by Crippen LogP contribution is 2.31. The number of H-pyrrole nitrogens is 1. The van der Waals surface area contributed by atoms with Crippen LogP contribution in [0.15, 0.2) is 29.2 Å². The van der Waals surface area contributed by atoms with E-state index in [-0.39, 0.29) is 42.0 Å². The number of sulfonamides is 1. The zero-order chi connectivity index (χ0) is 25.0. The normalized spacial score (nSPS) is 15.1. The average molecular weight is 492 g/mol. The van der Waals surface area contributed by atoms with E-state index in [9.17, 15) is 22.8 Å². The van der Waals surface area contributed by atoms with E-state index >= 15 is 0 Å². The molecular weight excluding hydrogens is 462 g/mol. The van der Waals surface area contributed by atoms with Crippen LogP contribution >= 0.6 is 0 Å². The smallest absolute Gasteiger partial charge is 0.341 e. The van der Waals surface area contributed by atoms with Crippen molar-refractivity contribution >= 4 is 33.6 Å². The third-order valence-corrected chi connectivity index (χ3v) is 7.86. The molecular formula is C23H29N3O7S. The molecule has 0 aliphatic carbocycles. The second-order valence-electron chi connectivity index (χ2n) is 8.04. The van der Waals surface area contributed by atoms with Crippen molar-refractivity contribution in [3.05, 3.63) is 46.8 Å². The summed E-state index contributed by atoms with van der Waals surface area (Å²) in [6, 6.07) is 6.33. The maximum absolute atomic E-state index is 13.4. The highest BCUT2D eigenvalue weighted by atomic mass is 32.2. The van der Waals surface area contributed by atoms with Crippen LogP contribution in [0.4, 0.5) is 5.69 Å². The number of benzene rings is 1. The number of aromatic nitrogens is 1. The lowest BCUT2D eigenvalue weighted by Gasteiger charge is -2.30. The van der Waals surface area contributed by atoms with Gasteiger partial charge in [-0.15, -0.1) is 0 Å². The lowest BCUT2D eigenvalue weighted by atomic mass is 9.97. The summed E-state index contributed by atoms with van der Waals surface area (Å²) in [6.45, 7) is 5.32. The number of hydrogen-bond acceptors (Lipinski definition) is 7. The molecule has 1 fully saturated rings. The monoisotopic (exact) mass is 491 g/mol. The van der Waals surface area contributed by atoms with Crippen molar-refractivity contribution in [1.29, 1.82) is 0 Å². The van der Waals surface area contributed by atoms with E-state index in [1.165, 1.54) is 11.4 Å². The number of piperidine rings is 1. The Morgan fingerprint density at radius 3 is 2.24 bits per heavy atom. The van der Waals surface area contributed by atoms with Crippen molar-refractivity contribution in [3.8, 4) is 0 Å². The molecule has 34 heavy (non-hydrogen) atoms. The van der Waals surface area contributed by atoms with Crippen molar-refractivity contribution in [2.75, 3.05) is 32.1 Å². The average Bonchev–Trinajstić information content (AvgIpc) is 3.13. The number of anilines is 1. The summed E-state index contributed by atoms with van der Waals surface area (Å²) in [6.07, 6.45) is 0.672. The van der Waals surface area contributed by atoms with Gasteiger partial charge in [-0.3, -0.25) is 4.79 Å². The van der Waals surface area contributed by atoms with Gasteiger partial charge in [-0.05, 0) is 57.9 Å². The molecule has 1 amide bonds. The highest BCUT2D eigenvalue weighted by molar-refractivity contribution is 7.89. The highest BCUT2D eigenvalue weighted by Gasteiger charge is 2.37. The van der Waals surface area contributed by atoms with Gasteiger partial charge >= 0.3 is 11.9 Å². The number of ether oxygens (including phenoxy) is 2. The Hall–Kier alpha value is -3.18. The Morgan fingerprint density at radius 2 is 1.68 bits per heavy atom. The molecule has 0 atom stereocenters. The number of amides is 1. The minimum Gasteiger partial charge on any atom is -0.465 e. The molecule has 1 aliphatic heterocycles. The number of nitrogens with one attached hydrogen (secondary N) is 2. The van der Waals surface area contributed by atoms with Gasteiger partial charge < -0.3 is 19.8 Å². The number of carbonyl (C=O) groups is 3. The number of nitrogens with zero attached hydrogens (tertiary/aromatic N) is 1. The minimum atomic E-state index is -3.96. The molecule has 0 saturated carbocycles. The van der Waals surface area contributed by atoms with Crippen LogP contribution in [0, 0.1) is 19.8 Å². The minimum absolute atomic E-state index is 0.0228.